The van der Waals surface area contributed by atoms with Crippen LogP contribution in [0.4, 0.5) is 4.79 Å². The number of rotatable bonds is 3. The molecule has 2 aromatic rings. The van der Waals surface area contributed by atoms with E-state index in [0.717, 1.165) is 0 Å². The lowest BCUT2D eigenvalue weighted by atomic mass is 10.0. The van der Waals surface area contributed by atoms with Crippen molar-refractivity contribution in [1.82, 2.24) is 0 Å². The first-order valence-electron chi connectivity index (χ1n) is 5.63. The summed E-state index contributed by atoms with van der Waals surface area (Å²) in [6, 6.07) is 17.2. The van der Waals surface area contributed by atoms with Crippen molar-refractivity contribution in [2.24, 2.45) is 0 Å². The second-order valence-corrected chi connectivity index (χ2v) is 3.67. The van der Waals surface area contributed by atoms with Crippen molar-refractivity contribution in [3.63, 3.8) is 0 Å². The maximum Gasteiger partial charge on any atom is 0.503 e. The predicted molar refractivity (Wildman–Crippen MR) is 72.2 cm³/mol. The maximum absolute atomic E-state index is 11.8. The molecule has 0 radical (unpaired) electrons. The van der Waals surface area contributed by atoms with Gasteiger partial charge in [-0.1, -0.05) is 60.7 Å². The normalized spacial score (nSPS) is 9.00. The molecule has 102 valence electrons. The van der Waals surface area contributed by atoms with Gasteiger partial charge in [0, 0.05) is 11.1 Å². The van der Waals surface area contributed by atoms with Crippen molar-refractivity contribution in [2.75, 3.05) is 0 Å². The molecule has 5 heteroatoms. The Morgan fingerprint density at radius 1 is 0.600 bits per heavy atom. The molecule has 20 heavy (non-hydrogen) atoms. The lowest BCUT2D eigenvalue weighted by Gasteiger charge is -1.99. The minimum Gasteiger partial charge on any atom is -0.450 e. The number of carbonyl (C=O) groups is 3. The third kappa shape index (κ3) is 4.73. The molecule has 5 nitrogen and oxygen atoms in total. The molecule has 2 rings (SSSR count). The molecule has 0 fully saturated rings. The molecule has 0 atom stereocenters. The smallest absolute Gasteiger partial charge is 0.450 e. The van der Waals surface area contributed by atoms with E-state index >= 15 is 0 Å². The van der Waals surface area contributed by atoms with E-state index < -0.39 is 17.7 Å². The van der Waals surface area contributed by atoms with Crippen molar-refractivity contribution < 1.29 is 24.6 Å². The number of hydrogen-bond donors (Lipinski definition) is 2. The molecular formula is C15H12O5. The standard InChI is InChI=1S/C14H10O2.CH2O3/c15-13(11-7-3-1-4-8-11)14(16)12-9-5-2-6-10-12;2-1(3)4/h1-10H;(H2,2,3,4). The lowest BCUT2D eigenvalue weighted by Crippen LogP contribution is -2.14. The SMILES string of the molecule is O=C(C(=O)c1ccccc1)c1ccccc1.O=C(O)O. The van der Waals surface area contributed by atoms with Crippen LogP contribution in [0, 0.1) is 0 Å². The quantitative estimate of drug-likeness (QED) is 0.662. The molecule has 0 bridgehead atoms. The zero-order chi connectivity index (χ0) is 15.0. The molecule has 0 spiro atoms. The van der Waals surface area contributed by atoms with E-state index in [-0.39, 0.29) is 0 Å². The fourth-order valence-corrected chi connectivity index (χ4v) is 1.44. The van der Waals surface area contributed by atoms with E-state index in [1.807, 2.05) is 12.1 Å². The third-order valence-corrected chi connectivity index (χ3v) is 2.28. The highest BCUT2D eigenvalue weighted by molar-refractivity contribution is 6.49. The second-order valence-electron chi connectivity index (χ2n) is 3.67. The Labute approximate surface area is 115 Å². The van der Waals surface area contributed by atoms with Crippen LogP contribution >= 0.6 is 0 Å². The Hall–Kier alpha value is -2.95. The number of Topliss-reactive ketones (excluding diaryl/α,β-unsaturated/α-hetero) is 2. The molecule has 0 saturated carbocycles. The van der Waals surface area contributed by atoms with Gasteiger partial charge in [-0.15, -0.1) is 0 Å². The molecule has 2 aromatic carbocycles. The minimum absolute atomic E-state index is 0.427. The van der Waals surface area contributed by atoms with Crippen LogP contribution < -0.4 is 0 Å². The Balaban J connectivity index is 0.000000444. The van der Waals surface area contributed by atoms with E-state index in [0.29, 0.717) is 11.1 Å². The van der Waals surface area contributed by atoms with Crippen molar-refractivity contribution in [3.05, 3.63) is 71.8 Å². The van der Waals surface area contributed by atoms with Crippen LogP contribution in [-0.4, -0.2) is 27.9 Å². The Bertz CT molecular complexity index is 537. The lowest BCUT2D eigenvalue weighted by molar-refractivity contribution is 0.0817. The molecule has 0 aliphatic rings. The summed E-state index contributed by atoms with van der Waals surface area (Å²) in [5, 5.41) is 13.9. The zero-order valence-electron chi connectivity index (χ0n) is 10.4. The highest BCUT2D eigenvalue weighted by Crippen LogP contribution is 2.07. The summed E-state index contributed by atoms with van der Waals surface area (Å²) < 4.78 is 0. The minimum atomic E-state index is -1.83. The number of carboxylic acid groups (broad SMARTS) is 2. The zero-order valence-corrected chi connectivity index (χ0v) is 10.4. The van der Waals surface area contributed by atoms with Crippen LogP contribution in [0.25, 0.3) is 0 Å². The van der Waals surface area contributed by atoms with E-state index in [2.05, 4.69) is 0 Å². The van der Waals surface area contributed by atoms with Gasteiger partial charge in [-0.3, -0.25) is 9.59 Å². The first-order chi connectivity index (χ1) is 9.52. The van der Waals surface area contributed by atoms with Gasteiger partial charge in [-0.05, 0) is 0 Å². The molecule has 0 aliphatic carbocycles. The summed E-state index contributed by atoms with van der Waals surface area (Å²) in [4.78, 5) is 32.1. The van der Waals surface area contributed by atoms with E-state index in [9.17, 15) is 9.59 Å². The van der Waals surface area contributed by atoms with Gasteiger partial charge in [0.15, 0.2) is 0 Å². The van der Waals surface area contributed by atoms with Crippen molar-refractivity contribution >= 4 is 17.7 Å². The summed E-state index contributed by atoms with van der Waals surface area (Å²) in [5.74, 6) is -0.932. The monoisotopic (exact) mass is 272 g/mol. The number of hydrogen-bond acceptors (Lipinski definition) is 3. The highest BCUT2D eigenvalue weighted by Gasteiger charge is 2.16. The van der Waals surface area contributed by atoms with Gasteiger partial charge in [0.25, 0.3) is 0 Å². The first kappa shape index (κ1) is 15.1. The van der Waals surface area contributed by atoms with Gasteiger partial charge in [0.1, 0.15) is 0 Å². The summed E-state index contributed by atoms with van der Waals surface area (Å²) in [5.41, 5.74) is 0.854. The van der Waals surface area contributed by atoms with Crippen LogP contribution in [-0.2, 0) is 0 Å². The van der Waals surface area contributed by atoms with Gasteiger partial charge in [0.05, 0.1) is 0 Å². The van der Waals surface area contributed by atoms with Crippen molar-refractivity contribution in [3.8, 4) is 0 Å². The van der Waals surface area contributed by atoms with Crippen molar-refractivity contribution in [2.45, 2.75) is 0 Å². The molecule has 0 aromatic heterocycles. The molecule has 2 N–H and O–H groups in total. The Morgan fingerprint density at radius 3 is 1.10 bits per heavy atom. The van der Waals surface area contributed by atoms with Gasteiger partial charge in [0.2, 0.25) is 11.6 Å². The van der Waals surface area contributed by atoms with Gasteiger partial charge in [-0.2, -0.15) is 0 Å². The average Bonchev–Trinajstić information content (AvgIpc) is 2.47. The van der Waals surface area contributed by atoms with Crippen LogP contribution in [0.2, 0.25) is 0 Å². The van der Waals surface area contributed by atoms with Crippen LogP contribution in [0.15, 0.2) is 60.7 Å². The average molecular weight is 272 g/mol. The van der Waals surface area contributed by atoms with Crippen molar-refractivity contribution in [1.29, 1.82) is 0 Å². The third-order valence-electron chi connectivity index (χ3n) is 2.28. The first-order valence-corrected chi connectivity index (χ1v) is 5.63. The van der Waals surface area contributed by atoms with Crippen LogP contribution in [0.3, 0.4) is 0 Å². The molecule has 0 amide bonds. The number of ketones is 2. The number of carbonyl (C=O) groups excluding carboxylic acids is 2. The molecule has 0 aliphatic heterocycles. The molecule has 0 unspecified atom stereocenters. The van der Waals surface area contributed by atoms with Gasteiger partial charge in [-0.25, -0.2) is 4.79 Å². The maximum atomic E-state index is 11.8. The molecule has 0 heterocycles. The summed E-state index contributed by atoms with van der Waals surface area (Å²) in [6.07, 6.45) is -1.83. The van der Waals surface area contributed by atoms with Gasteiger partial charge < -0.3 is 10.2 Å². The van der Waals surface area contributed by atoms with E-state index in [1.54, 1.807) is 48.5 Å². The Kier molecular flexibility index (Phi) is 5.65. The second kappa shape index (κ2) is 7.48. The fraction of sp³-hybridized carbons (Fsp3) is 0. The fourth-order valence-electron chi connectivity index (χ4n) is 1.44. The summed E-state index contributed by atoms with van der Waals surface area (Å²) >= 11 is 0. The Morgan fingerprint density at radius 2 is 0.850 bits per heavy atom. The summed E-state index contributed by atoms with van der Waals surface area (Å²) in [7, 11) is 0. The highest BCUT2D eigenvalue weighted by atomic mass is 16.6. The largest absolute Gasteiger partial charge is 0.503 e. The topological polar surface area (TPSA) is 91.7 Å². The molecule has 0 saturated heterocycles. The predicted octanol–water partition coefficient (Wildman–Crippen LogP) is 2.97. The summed E-state index contributed by atoms with van der Waals surface area (Å²) in [6.45, 7) is 0. The molecular weight excluding hydrogens is 260 g/mol. The van der Waals surface area contributed by atoms with E-state index in [4.69, 9.17) is 15.0 Å². The number of benzene rings is 2. The van der Waals surface area contributed by atoms with Crippen LogP contribution in [0.5, 0.6) is 0 Å². The van der Waals surface area contributed by atoms with Gasteiger partial charge >= 0.3 is 6.16 Å². The van der Waals surface area contributed by atoms with Crippen LogP contribution in [0.1, 0.15) is 20.7 Å². The van der Waals surface area contributed by atoms with E-state index in [1.165, 1.54) is 0 Å².